The molecular formula is C14H20N2O3. The fraction of sp³-hybridized carbons (Fsp3) is 0.500. The summed E-state index contributed by atoms with van der Waals surface area (Å²) in [7, 11) is 3.78. The Kier molecular flexibility index (Phi) is 3.95. The van der Waals surface area contributed by atoms with E-state index in [4.69, 9.17) is 0 Å². The summed E-state index contributed by atoms with van der Waals surface area (Å²) in [5, 5.41) is 19.2. The second-order valence-electron chi connectivity index (χ2n) is 5.18. The Morgan fingerprint density at radius 2 is 2.16 bits per heavy atom. The topological polar surface area (TPSA) is 64.0 Å². The van der Waals surface area contributed by atoms with Crippen molar-refractivity contribution in [2.45, 2.75) is 18.9 Å². The third-order valence-electron chi connectivity index (χ3n) is 3.68. The lowest BCUT2D eigenvalue weighted by Crippen LogP contribution is -2.47. The fourth-order valence-corrected chi connectivity index (χ4v) is 2.51. The fourth-order valence-electron chi connectivity index (χ4n) is 2.51. The molecule has 0 saturated carbocycles. The summed E-state index contributed by atoms with van der Waals surface area (Å²) in [6.45, 7) is 1.89. The van der Waals surface area contributed by atoms with Crippen LogP contribution in [-0.4, -0.2) is 59.1 Å². The molecule has 1 heterocycles. The van der Waals surface area contributed by atoms with E-state index in [2.05, 4.69) is 4.90 Å². The summed E-state index contributed by atoms with van der Waals surface area (Å²) in [4.78, 5) is 16.2. The number of likely N-dealkylation sites (tertiary alicyclic amines) is 1. The van der Waals surface area contributed by atoms with Crippen molar-refractivity contribution < 1.29 is 15.0 Å². The number of aromatic hydroxyl groups is 2. The molecule has 1 saturated heterocycles. The van der Waals surface area contributed by atoms with Gasteiger partial charge in [-0.05, 0) is 44.6 Å². The van der Waals surface area contributed by atoms with E-state index in [-0.39, 0.29) is 29.0 Å². The number of amides is 1. The molecule has 0 bridgehead atoms. The predicted molar refractivity (Wildman–Crippen MR) is 72.4 cm³/mol. The highest BCUT2D eigenvalue weighted by atomic mass is 16.3. The van der Waals surface area contributed by atoms with Gasteiger partial charge in [0.25, 0.3) is 5.91 Å². The van der Waals surface area contributed by atoms with Crippen molar-refractivity contribution >= 4 is 5.91 Å². The molecule has 2 rings (SSSR count). The maximum Gasteiger partial charge on any atom is 0.257 e. The van der Waals surface area contributed by atoms with Gasteiger partial charge in [-0.3, -0.25) is 4.79 Å². The Morgan fingerprint density at radius 1 is 1.42 bits per heavy atom. The number of phenols is 2. The van der Waals surface area contributed by atoms with Crippen molar-refractivity contribution in [2.75, 3.05) is 27.2 Å². The average molecular weight is 264 g/mol. The quantitative estimate of drug-likeness (QED) is 0.789. The first-order valence-corrected chi connectivity index (χ1v) is 6.46. The van der Waals surface area contributed by atoms with Crippen LogP contribution in [-0.2, 0) is 0 Å². The Balaban J connectivity index is 2.16. The molecular weight excluding hydrogens is 244 g/mol. The van der Waals surface area contributed by atoms with Crippen molar-refractivity contribution in [3.05, 3.63) is 23.8 Å². The summed E-state index contributed by atoms with van der Waals surface area (Å²) in [5.41, 5.74) is 0.149. The molecule has 1 aromatic carbocycles. The molecule has 1 atom stereocenters. The number of hydrogen-bond acceptors (Lipinski definition) is 4. The maximum atomic E-state index is 12.4. The second kappa shape index (κ2) is 5.48. The zero-order valence-electron chi connectivity index (χ0n) is 11.3. The smallest absolute Gasteiger partial charge is 0.257 e. The van der Waals surface area contributed by atoms with Crippen molar-refractivity contribution in [2.24, 2.45) is 0 Å². The number of phenolic OH excluding ortho intramolecular Hbond substituents is 2. The van der Waals surface area contributed by atoms with E-state index in [0.717, 1.165) is 25.9 Å². The van der Waals surface area contributed by atoms with Crippen LogP contribution in [0, 0.1) is 0 Å². The number of rotatable bonds is 2. The number of likely N-dealkylation sites (N-methyl/N-ethyl adjacent to an activating group) is 2. The van der Waals surface area contributed by atoms with Crippen molar-refractivity contribution in [1.29, 1.82) is 0 Å². The van der Waals surface area contributed by atoms with Crippen LogP contribution >= 0.6 is 0 Å². The minimum atomic E-state index is -0.256. The Hall–Kier alpha value is -1.75. The molecule has 104 valence electrons. The molecule has 1 aliphatic rings. The molecule has 1 unspecified atom stereocenters. The molecule has 5 nitrogen and oxygen atoms in total. The molecule has 0 aliphatic carbocycles. The lowest BCUT2D eigenvalue weighted by atomic mass is 10.0. The first kappa shape index (κ1) is 13.7. The Labute approximate surface area is 113 Å². The van der Waals surface area contributed by atoms with Crippen LogP contribution in [0.1, 0.15) is 23.2 Å². The van der Waals surface area contributed by atoms with Crippen LogP contribution < -0.4 is 0 Å². The third-order valence-corrected chi connectivity index (χ3v) is 3.68. The van der Waals surface area contributed by atoms with Gasteiger partial charge >= 0.3 is 0 Å². The second-order valence-corrected chi connectivity index (χ2v) is 5.18. The van der Waals surface area contributed by atoms with E-state index >= 15 is 0 Å². The average Bonchev–Trinajstić information content (AvgIpc) is 2.40. The van der Waals surface area contributed by atoms with Gasteiger partial charge in [0, 0.05) is 19.6 Å². The number of piperidine rings is 1. The van der Waals surface area contributed by atoms with Gasteiger partial charge in [-0.2, -0.15) is 0 Å². The van der Waals surface area contributed by atoms with Crippen LogP contribution in [0.25, 0.3) is 0 Å². The molecule has 19 heavy (non-hydrogen) atoms. The highest BCUT2D eigenvalue weighted by Gasteiger charge is 2.26. The zero-order valence-corrected chi connectivity index (χ0v) is 11.3. The molecule has 0 aromatic heterocycles. The van der Waals surface area contributed by atoms with Crippen LogP contribution in [0.2, 0.25) is 0 Å². The summed E-state index contributed by atoms with van der Waals surface area (Å²) in [6, 6.07) is 4.15. The Morgan fingerprint density at radius 3 is 2.84 bits per heavy atom. The van der Waals surface area contributed by atoms with Gasteiger partial charge in [0.05, 0.1) is 5.56 Å². The SMILES string of the molecule is CN1CCCC(N(C)C(=O)c2cc(O)ccc2O)C1. The van der Waals surface area contributed by atoms with Crippen molar-refractivity contribution in [3.8, 4) is 11.5 Å². The minimum Gasteiger partial charge on any atom is -0.508 e. The van der Waals surface area contributed by atoms with E-state index in [1.807, 2.05) is 7.05 Å². The monoisotopic (exact) mass is 264 g/mol. The normalized spacial score (nSPS) is 20.2. The van der Waals surface area contributed by atoms with E-state index in [1.165, 1.54) is 18.2 Å². The first-order chi connectivity index (χ1) is 8.99. The standard InChI is InChI=1S/C14H20N2O3/c1-15-7-3-4-10(9-15)16(2)14(19)12-8-11(17)5-6-13(12)18/h5-6,8,10,17-18H,3-4,7,9H2,1-2H3. The van der Waals surface area contributed by atoms with Gasteiger partial charge in [0.15, 0.2) is 0 Å². The molecule has 1 aliphatic heterocycles. The molecule has 1 amide bonds. The van der Waals surface area contributed by atoms with E-state index in [0.29, 0.717) is 0 Å². The molecule has 0 radical (unpaired) electrons. The van der Waals surface area contributed by atoms with Gasteiger partial charge < -0.3 is 20.0 Å². The molecule has 5 heteroatoms. The van der Waals surface area contributed by atoms with Crippen LogP contribution in [0.15, 0.2) is 18.2 Å². The molecule has 0 spiro atoms. The largest absolute Gasteiger partial charge is 0.508 e. The summed E-state index contributed by atoms with van der Waals surface area (Å²) in [6.07, 6.45) is 2.02. The summed E-state index contributed by atoms with van der Waals surface area (Å²) >= 11 is 0. The van der Waals surface area contributed by atoms with Crippen LogP contribution in [0.5, 0.6) is 11.5 Å². The van der Waals surface area contributed by atoms with Gasteiger partial charge in [-0.25, -0.2) is 0 Å². The summed E-state index contributed by atoms with van der Waals surface area (Å²) < 4.78 is 0. The van der Waals surface area contributed by atoms with Crippen LogP contribution in [0.4, 0.5) is 0 Å². The summed E-state index contributed by atoms with van der Waals surface area (Å²) in [5.74, 6) is -0.372. The molecule has 2 N–H and O–H groups in total. The minimum absolute atomic E-state index is 0.0182. The lowest BCUT2D eigenvalue weighted by Gasteiger charge is -2.36. The number of hydrogen-bond donors (Lipinski definition) is 2. The number of nitrogens with zero attached hydrogens (tertiary/aromatic N) is 2. The number of carbonyl (C=O) groups is 1. The van der Waals surface area contributed by atoms with Gasteiger partial charge in [-0.15, -0.1) is 0 Å². The molecule has 1 aromatic rings. The van der Waals surface area contributed by atoms with Crippen molar-refractivity contribution in [1.82, 2.24) is 9.80 Å². The van der Waals surface area contributed by atoms with Crippen LogP contribution in [0.3, 0.4) is 0 Å². The third kappa shape index (κ3) is 2.98. The molecule has 1 fully saturated rings. The highest BCUT2D eigenvalue weighted by Crippen LogP contribution is 2.25. The maximum absolute atomic E-state index is 12.4. The van der Waals surface area contributed by atoms with E-state index < -0.39 is 0 Å². The van der Waals surface area contributed by atoms with Gasteiger partial charge in [0.1, 0.15) is 11.5 Å². The van der Waals surface area contributed by atoms with Gasteiger partial charge in [-0.1, -0.05) is 0 Å². The number of benzene rings is 1. The van der Waals surface area contributed by atoms with Gasteiger partial charge in [0.2, 0.25) is 0 Å². The number of carbonyl (C=O) groups excluding carboxylic acids is 1. The Bertz CT molecular complexity index is 476. The first-order valence-electron chi connectivity index (χ1n) is 6.46. The lowest BCUT2D eigenvalue weighted by molar-refractivity contribution is 0.0640. The van der Waals surface area contributed by atoms with E-state index in [1.54, 1.807) is 11.9 Å². The zero-order chi connectivity index (χ0) is 14.0. The predicted octanol–water partition coefficient (Wildman–Crippen LogP) is 1.26. The van der Waals surface area contributed by atoms with E-state index in [9.17, 15) is 15.0 Å². The van der Waals surface area contributed by atoms with Crippen molar-refractivity contribution in [3.63, 3.8) is 0 Å². The highest BCUT2D eigenvalue weighted by molar-refractivity contribution is 5.97.